The van der Waals surface area contributed by atoms with Gasteiger partial charge in [0.15, 0.2) is 0 Å². The normalized spacial score (nSPS) is 22.5. The van der Waals surface area contributed by atoms with Crippen molar-refractivity contribution in [3.8, 4) is 0 Å². The summed E-state index contributed by atoms with van der Waals surface area (Å²) in [5.74, 6) is -0.864. The van der Waals surface area contributed by atoms with E-state index < -0.39 is 11.4 Å². The number of rotatable bonds is 9. The van der Waals surface area contributed by atoms with Crippen LogP contribution < -0.4 is 0 Å². The topological polar surface area (TPSA) is 96.4 Å². The van der Waals surface area contributed by atoms with E-state index >= 15 is 0 Å². The second-order valence-electron chi connectivity index (χ2n) is 13.1. The molecule has 2 aromatic rings. The fourth-order valence-electron chi connectivity index (χ4n) is 7.57. The maximum absolute atomic E-state index is 14.6. The van der Waals surface area contributed by atoms with Gasteiger partial charge in [-0.05, 0) is 48.1 Å². The summed E-state index contributed by atoms with van der Waals surface area (Å²) in [6.45, 7) is 9.68. The Kier molecular flexibility index (Phi) is 9.14. The molecule has 2 heterocycles. The molecule has 1 N–H and O–H groups in total. The van der Waals surface area contributed by atoms with E-state index in [-0.39, 0.29) is 34.8 Å². The van der Waals surface area contributed by atoms with E-state index in [1.807, 2.05) is 52.3 Å². The number of benzene rings is 2. The molecule has 0 radical (unpaired) electrons. The lowest BCUT2D eigenvalue weighted by molar-refractivity contribution is -0.145. The molecule has 0 unspecified atom stereocenters. The van der Waals surface area contributed by atoms with E-state index in [1.54, 1.807) is 19.2 Å². The molecule has 0 saturated carbocycles. The van der Waals surface area contributed by atoms with Crippen LogP contribution in [0.5, 0.6) is 0 Å². The number of likely N-dealkylation sites (tertiary alicyclic amines) is 1. The maximum Gasteiger partial charge on any atom is 0.335 e. The monoisotopic (exact) mass is 600 g/mol. The number of fused-ring (bicyclic) bond motifs is 1. The second kappa shape index (κ2) is 12.7. The fourth-order valence-corrected chi connectivity index (χ4v) is 7.57. The molecule has 5 rings (SSSR count). The van der Waals surface area contributed by atoms with Gasteiger partial charge in [-0.25, -0.2) is 4.79 Å². The molecule has 2 amide bonds. The number of carboxylic acids is 1. The molecule has 0 aromatic heterocycles. The first-order chi connectivity index (χ1) is 21.0. The number of allylic oxidation sites excluding steroid dienone is 2. The van der Waals surface area contributed by atoms with Crippen molar-refractivity contribution in [3.05, 3.63) is 89.0 Å². The predicted molar refractivity (Wildman–Crippen MR) is 169 cm³/mol. The minimum atomic E-state index is -0.932. The van der Waals surface area contributed by atoms with Crippen LogP contribution in [0.1, 0.15) is 61.5 Å². The highest BCUT2D eigenvalue weighted by molar-refractivity contribution is 5.90. The molecule has 0 bridgehead atoms. The first-order valence-corrected chi connectivity index (χ1v) is 15.5. The second-order valence-corrected chi connectivity index (χ2v) is 13.1. The number of ether oxygens (including phenoxy) is 2. The standard InChI is InChI=1S/C36H44N2O6/c1-34(2)29(26-10-12-27(13-11-26)32(40)41)14-16-35(3)25-38(19-15-30(34)35)33(42)36(28-8-6-5-7-9-28)17-20-37(21-18-36)31(39)24-44-23-22-43-4/h5-15H,16-25H2,1-4H3,(H,40,41)/t35-/m1/s1. The van der Waals surface area contributed by atoms with Crippen molar-refractivity contribution in [2.45, 2.75) is 45.4 Å². The van der Waals surface area contributed by atoms with Gasteiger partial charge in [0.1, 0.15) is 6.61 Å². The molecule has 2 aliphatic heterocycles. The van der Waals surface area contributed by atoms with Gasteiger partial charge in [0.2, 0.25) is 11.8 Å². The third kappa shape index (κ3) is 5.97. The average Bonchev–Trinajstić information content (AvgIpc) is 3.02. The van der Waals surface area contributed by atoms with E-state index in [4.69, 9.17) is 9.47 Å². The fraction of sp³-hybridized carbons (Fsp3) is 0.472. The minimum Gasteiger partial charge on any atom is -0.478 e. The molecular weight excluding hydrogens is 556 g/mol. The lowest BCUT2D eigenvalue weighted by Gasteiger charge is -2.52. The zero-order valence-corrected chi connectivity index (χ0v) is 26.3. The summed E-state index contributed by atoms with van der Waals surface area (Å²) in [5, 5.41) is 9.33. The molecule has 44 heavy (non-hydrogen) atoms. The van der Waals surface area contributed by atoms with Crippen molar-refractivity contribution in [3.63, 3.8) is 0 Å². The average molecular weight is 601 g/mol. The number of amides is 2. The highest BCUT2D eigenvalue weighted by Crippen LogP contribution is 2.55. The van der Waals surface area contributed by atoms with Crippen molar-refractivity contribution in [2.75, 3.05) is 53.1 Å². The van der Waals surface area contributed by atoms with E-state index in [0.717, 1.165) is 17.5 Å². The Balaban J connectivity index is 1.36. The molecule has 234 valence electrons. The summed E-state index contributed by atoms with van der Waals surface area (Å²) in [6.07, 6.45) is 6.42. The Labute approximate surface area is 260 Å². The van der Waals surface area contributed by atoms with Gasteiger partial charge in [0.25, 0.3) is 0 Å². The molecular formula is C36H44N2O6. The van der Waals surface area contributed by atoms with Crippen LogP contribution in [0.2, 0.25) is 0 Å². The largest absolute Gasteiger partial charge is 0.478 e. The number of nitrogens with zero attached hydrogens (tertiary/aromatic N) is 2. The molecule has 8 nitrogen and oxygen atoms in total. The summed E-state index contributed by atoms with van der Waals surface area (Å²) in [5.41, 5.74) is 3.60. The molecule has 8 heteroatoms. The molecule has 3 aliphatic rings. The van der Waals surface area contributed by atoms with E-state index in [9.17, 15) is 19.5 Å². The van der Waals surface area contributed by atoms with E-state index in [2.05, 4.69) is 32.9 Å². The van der Waals surface area contributed by atoms with Crippen LogP contribution in [0.4, 0.5) is 0 Å². The number of carbonyl (C=O) groups is 3. The molecule has 1 fully saturated rings. The van der Waals surface area contributed by atoms with E-state index in [1.165, 1.54) is 11.1 Å². The highest BCUT2D eigenvalue weighted by Gasteiger charge is 2.50. The van der Waals surface area contributed by atoms with Gasteiger partial charge < -0.3 is 24.4 Å². The van der Waals surface area contributed by atoms with Crippen molar-refractivity contribution in [1.82, 2.24) is 9.80 Å². The third-order valence-electron chi connectivity index (χ3n) is 9.90. The van der Waals surface area contributed by atoms with Crippen LogP contribution >= 0.6 is 0 Å². The number of aromatic carboxylic acids is 1. The van der Waals surface area contributed by atoms with Crippen molar-refractivity contribution in [1.29, 1.82) is 0 Å². The number of piperidine rings is 1. The Morgan fingerprint density at radius 3 is 2.20 bits per heavy atom. The summed E-state index contributed by atoms with van der Waals surface area (Å²) in [6, 6.07) is 17.1. The van der Waals surface area contributed by atoms with Gasteiger partial charge in [-0.1, -0.05) is 81.0 Å². The third-order valence-corrected chi connectivity index (χ3v) is 9.90. The smallest absolute Gasteiger partial charge is 0.335 e. The molecule has 1 atom stereocenters. The SMILES string of the molecule is COCCOCC(=O)N1CCC(C(=O)N2CC=C3C(C)(C)C(c4ccc(C(=O)O)cc4)=CC[C@]3(C)C2)(c2ccccc2)CC1. The summed E-state index contributed by atoms with van der Waals surface area (Å²) < 4.78 is 10.5. The Hall–Kier alpha value is -3.75. The number of carboxylic acid groups (broad SMARTS) is 1. The van der Waals surface area contributed by atoms with Gasteiger partial charge >= 0.3 is 5.97 Å². The summed E-state index contributed by atoms with van der Waals surface area (Å²) in [4.78, 5) is 42.7. The quantitative estimate of drug-likeness (QED) is 0.314. The van der Waals surface area contributed by atoms with Crippen LogP contribution in [0.15, 0.2) is 72.3 Å². The summed E-state index contributed by atoms with van der Waals surface area (Å²) in [7, 11) is 1.60. The number of carbonyl (C=O) groups excluding carboxylic acids is 2. The van der Waals surface area contributed by atoms with Crippen LogP contribution in [0.3, 0.4) is 0 Å². The molecule has 2 aromatic carbocycles. The zero-order valence-electron chi connectivity index (χ0n) is 26.3. The Morgan fingerprint density at radius 2 is 1.57 bits per heavy atom. The molecule has 1 saturated heterocycles. The van der Waals surface area contributed by atoms with Gasteiger partial charge in [-0.15, -0.1) is 0 Å². The number of methoxy groups -OCH3 is 1. The van der Waals surface area contributed by atoms with Crippen molar-refractivity contribution in [2.24, 2.45) is 10.8 Å². The van der Waals surface area contributed by atoms with Gasteiger partial charge in [-0.2, -0.15) is 0 Å². The predicted octanol–water partition coefficient (Wildman–Crippen LogP) is 5.20. The lowest BCUT2D eigenvalue weighted by Crippen LogP contribution is -2.57. The Bertz CT molecular complexity index is 1440. The van der Waals surface area contributed by atoms with Crippen LogP contribution in [0.25, 0.3) is 5.57 Å². The number of hydrogen-bond donors (Lipinski definition) is 1. The van der Waals surface area contributed by atoms with E-state index in [0.29, 0.717) is 52.2 Å². The van der Waals surface area contributed by atoms with Crippen LogP contribution in [-0.2, 0) is 24.5 Å². The lowest BCUT2D eigenvalue weighted by atomic mass is 9.58. The molecule has 1 aliphatic carbocycles. The van der Waals surface area contributed by atoms with Crippen LogP contribution in [0, 0.1) is 10.8 Å². The van der Waals surface area contributed by atoms with Gasteiger partial charge in [-0.3, -0.25) is 9.59 Å². The minimum absolute atomic E-state index is 0.0166. The van der Waals surface area contributed by atoms with Gasteiger partial charge in [0, 0.05) is 44.1 Å². The first-order valence-electron chi connectivity index (χ1n) is 15.5. The highest BCUT2D eigenvalue weighted by atomic mass is 16.5. The molecule has 0 spiro atoms. The number of hydrogen-bond acceptors (Lipinski definition) is 5. The zero-order chi connectivity index (χ0) is 31.5. The Morgan fingerprint density at radius 1 is 0.886 bits per heavy atom. The van der Waals surface area contributed by atoms with Gasteiger partial charge in [0.05, 0.1) is 24.2 Å². The van der Waals surface area contributed by atoms with Crippen molar-refractivity contribution >= 4 is 23.4 Å². The van der Waals surface area contributed by atoms with Crippen LogP contribution in [-0.4, -0.2) is 85.8 Å². The first kappa shape index (κ1) is 31.7. The summed E-state index contributed by atoms with van der Waals surface area (Å²) >= 11 is 0. The van der Waals surface area contributed by atoms with Crippen molar-refractivity contribution < 1.29 is 29.0 Å². The maximum atomic E-state index is 14.6.